The lowest BCUT2D eigenvalue weighted by Gasteiger charge is -2.12. The molecule has 1 aromatic carbocycles. The number of benzene rings is 1. The number of para-hydroxylation sites is 2. The van der Waals surface area contributed by atoms with Crippen molar-refractivity contribution in [3.05, 3.63) is 59.7 Å². The number of hydrogen-bond donors (Lipinski definition) is 2. The lowest BCUT2D eigenvalue weighted by atomic mass is 10.2. The Hall–Kier alpha value is -2.69. The summed E-state index contributed by atoms with van der Waals surface area (Å²) in [6.45, 7) is 3.77. The van der Waals surface area contributed by atoms with Gasteiger partial charge in [0.1, 0.15) is 11.5 Å². The first-order valence-electron chi connectivity index (χ1n) is 6.82. The maximum Gasteiger partial charge on any atom is 0.270 e. The standard InChI is InChI=1S/C16H16N4O/c1-10-6-5-9-17-14(10)16(21)18-11(2)15-19-12-7-3-4-8-13(12)20-15/h3-9,11H,1-2H3,(H,18,21)(H,19,20). The summed E-state index contributed by atoms with van der Waals surface area (Å²) >= 11 is 0. The second kappa shape index (κ2) is 5.36. The van der Waals surface area contributed by atoms with Gasteiger partial charge in [0, 0.05) is 6.20 Å². The zero-order valence-electron chi connectivity index (χ0n) is 11.9. The topological polar surface area (TPSA) is 70.7 Å². The molecular weight excluding hydrogens is 264 g/mol. The number of nitrogens with zero attached hydrogens (tertiary/aromatic N) is 2. The molecule has 3 rings (SSSR count). The van der Waals surface area contributed by atoms with Gasteiger partial charge in [-0.15, -0.1) is 0 Å². The van der Waals surface area contributed by atoms with Crippen LogP contribution in [0.2, 0.25) is 0 Å². The molecule has 0 bridgehead atoms. The van der Waals surface area contributed by atoms with Gasteiger partial charge in [-0.1, -0.05) is 18.2 Å². The third-order valence-corrected chi connectivity index (χ3v) is 3.39. The Bertz CT molecular complexity index is 761. The maximum absolute atomic E-state index is 12.2. The summed E-state index contributed by atoms with van der Waals surface area (Å²) in [5.74, 6) is 0.541. The molecule has 2 aromatic heterocycles. The molecule has 1 unspecified atom stereocenters. The van der Waals surface area contributed by atoms with E-state index >= 15 is 0 Å². The first-order valence-corrected chi connectivity index (χ1v) is 6.82. The summed E-state index contributed by atoms with van der Waals surface area (Å²) in [5, 5.41) is 2.92. The summed E-state index contributed by atoms with van der Waals surface area (Å²) < 4.78 is 0. The van der Waals surface area contributed by atoms with Crippen LogP contribution in [-0.4, -0.2) is 20.9 Å². The van der Waals surface area contributed by atoms with Crippen molar-refractivity contribution in [1.29, 1.82) is 0 Å². The number of carbonyl (C=O) groups is 1. The van der Waals surface area contributed by atoms with Gasteiger partial charge in [-0.25, -0.2) is 4.98 Å². The van der Waals surface area contributed by atoms with Gasteiger partial charge in [0.25, 0.3) is 5.91 Å². The molecule has 0 saturated heterocycles. The van der Waals surface area contributed by atoms with E-state index < -0.39 is 0 Å². The highest BCUT2D eigenvalue weighted by atomic mass is 16.1. The van der Waals surface area contributed by atoms with Gasteiger partial charge in [0.2, 0.25) is 0 Å². The highest BCUT2D eigenvalue weighted by Gasteiger charge is 2.16. The molecule has 1 atom stereocenters. The lowest BCUT2D eigenvalue weighted by molar-refractivity contribution is 0.0932. The van der Waals surface area contributed by atoms with E-state index in [9.17, 15) is 4.79 Å². The second-order valence-electron chi connectivity index (χ2n) is 5.00. The molecule has 5 heteroatoms. The molecule has 21 heavy (non-hydrogen) atoms. The van der Waals surface area contributed by atoms with E-state index in [1.165, 1.54) is 0 Å². The van der Waals surface area contributed by atoms with Crippen LogP contribution in [0.15, 0.2) is 42.6 Å². The minimum atomic E-state index is -0.216. The number of aromatic amines is 1. The monoisotopic (exact) mass is 280 g/mol. The summed E-state index contributed by atoms with van der Waals surface area (Å²) in [6.07, 6.45) is 1.62. The van der Waals surface area contributed by atoms with E-state index in [0.29, 0.717) is 5.69 Å². The molecule has 0 saturated carbocycles. The molecule has 5 nitrogen and oxygen atoms in total. The van der Waals surface area contributed by atoms with Gasteiger partial charge < -0.3 is 10.3 Å². The van der Waals surface area contributed by atoms with Gasteiger partial charge in [-0.05, 0) is 37.6 Å². The third kappa shape index (κ3) is 2.63. The largest absolute Gasteiger partial charge is 0.341 e. The molecule has 106 valence electrons. The number of nitrogens with one attached hydrogen (secondary N) is 2. The number of imidazole rings is 1. The molecule has 0 aliphatic carbocycles. The van der Waals surface area contributed by atoms with Crippen LogP contribution < -0.4 is 5.32 Å². The number of pyridine rings is 1. The number of aryl methyl sites for hydroxylation is 1. The Morgan fingerprint density at radius 3 is 2.81 bits per heavy atom. The van der Waals surface area contributed by atoms with E-state index in [1.807, 2.05) is 50.2 Å². The van der Waals surface area contributed by atoms with Crippen molar-refractivity contribution in [3.8, 4) is 0 Å². The van der Waals surface area contributed by atoms with Crippen LogP contribution in [0.5, 0.6) is 0 Å². The number of rotatable bonds is 3. The van der Waals surface area contributed by atoms with E-state index in [4.69, 9.17) is 0 Å². The van der Waals surface area contributed by atoms with E-state index in [2.05, 4.69) is 20.3 Å². The Balaban J connectivity index is 1.81. The van der Waals surface area contributed by atoms with Crippen molar-refractivity contribution in [3.63, 3.8) is 0 Å². The third-order valence-electron chi connectivity index (χ3n) is 3.39. The molecule has 0 aliphatic heterocycles. The molecule has 0 spiro atoms. The average molecular weight is 280 g/mol. The number of aromatic nitrogens is 3. The summed E-state index contributed by atoms with van der Waals surface area (Å²) in [6, 6.07) is 11.3. The highest BCUT2D eigenvalue weighted by Crippen LogP contribution is 2.16. The first-order chi connectivity index (χ1) is 10.1. The molecule has 2 N–H and O–H groups in total. The zero-order valence-corrected chi connectivity index (χ0v) is 11.9. The minimum absolute atomic E-state index is 0.193. The van der Waals surface area contributed by atoms with Crippen LogP contribution in [0.4, 0.5) is 0 Å². The SMILES string of the molecule is Cc1cccnc1C(=O)NC(C)c1nc2ccccc2[nH]1. The van der Waals surface area contributed by atoms with Gasteiger partial charge in [-0.3, -0.25) is 9.78 Å². The van der Waals surface area contributed by atoms with Crippen LogP contribution in [0.3, 0.4) is 0 Å². The predicted octanol–water partition coefficient (Wildman–Crippen LogP) is 2.76. The Morgan fingerprint density at radius 2 is 2.05 bits per heavy atom. The summed E-state index contributed by atoms with van der Waals surface area (Å²) in [4.78, 5) is 24.1. The smallest absolute Gasteiger partial charge is 0.270 e. The molecule has 0 radical (unpaired) electrons. The van der Waals surface area contributed by atoms with Crippen LogP contribution in [-0.2, 0) is 0 Å². The molecule has 0 aliphatic rings. The summed E-state index contributed by atoms with van der Waals surface area (Å²) in [7, 11) is 0. The minimum Gasteiger partial charge on any atom is -0.341 e. The van der Waals surface area contributed by atoms with Crippen LogP contribution in [0, 0.1) is 6.92 Å². The highest BCUT2D eigenvalue weighted by molar-refractivity contribution is 5.93. The van der Waals surface area contributed by atoms with E-state index in [0.717, 1.165) is 22.4 Å². The molecular formula is C16H16N4O. The molecule has 1 amide bonds. The van der Waals surface area contributed by atoms with E-state index in [1.54, 1.807) is 6.20 Å². The first kappa shape index (κ1) is 13.3. The van der Waals surface area contributed by atoms with Crippen molar-refractivity contribution < 1.29 is 4.79 Å². The van der Waals surface area contributed by atoms with Crippen molar-refractivity contribution >= 4 is 16.9 Å². The normalized spacial score (nSPS) is 12.3. The van der Waals surface area contributed by atoms with Crippen LogP contribution in [0.25, 0.3) is 11.0 Å². The molecule has 3 aromatic rings. The van der Waals surface area contributed by atoms with E-state index in [-0.39, 0.29) is 11.9 Å². The maximum atomic E-state index is 12.2. The van der Waals surface area contributed by atoms with Gasteiger partial charge >= 0.3 is 0 Å². The van der Waals surface area contributed by atoms with Crippen LogP contribution >= 0.6 is 0 Å². The average Bonchev–Trinajstić information content (AvgIpc) is 2.91. The summed E-state index contributed by atoms with van der Waals surface area (Å²) in [5.41, 5.74) is 3.15. The number of amides is 1. The zero-order chi connectivity index (χ0) is 14.8. The fourth-order valence-corrected chi connectivity index (χ4v) is 2.23. The quantitative estimate of drug-likeness (QED) is 0.775. The van der Waals surface area contributed by atoms with Crippen molar-refractivity contribution in [1.82, 2.24) is 20.3 Å². The van der Waals surface area contributed by atoms with Gasteiger partial charge in [0.15, 0.2) is 0 Å². The fraction of sp³-hybridized carbons (Fsp3) is 0.188. The molecule has 0 fully saturated rings. The Labute approximate surface area is 122 Å². The number of hydrogen-bond acceptors (Lipinski definition) is 3. The molecule has 2 heterocycles. The van der Waals surface area contributed by atoms with Crippen molar-refractivity contribution in [2.75, 3.05) is 0 Å². The van der Waals surface area contributed by atoms with Gasteiger partial charge in [0.05, 0.1) is 17.1 Å². The van der Waals surface area contributed by atoms with Crippen LogP contribution in [0.1, 0.15) is 34.8 Å². The Kier molecular flexibility index (Phi) is 3.39. The number of H-pyrrole nitrogens is 1. The predicted molar refractivity (Wildman–Crippen MR) is 80.9 cm³/mol. The lowest BCUT2D eigenvalue weighted by Crippen LogP contribution is -2.28. The fourth-order valence-electron chi connectivity index (χ4n) is 2.23. The van der Waals surface area contributed by atoms with Gasteiger partial charge in [-0.2, -0.15) is 0 Å². The van der Waals surface area contributed by atoms with Crippen molar-refractivity contribution in [2.45, 2.75) is 19.9 Å². The number of fused-ring (bicyclic) bond motifs is 1. The number of carbonyl (C=O) groups excluding carboxylic acids is 1. The Morgan fingerprint density at radius 1 is 1.24 bits per heavy atom. The van der Waals surface area contributed by atoms with Crippen molar-refractivity contribution in [2.24, 2.45) is 0 Å². The second-order valence-corrected chi connectivity index (χ2v) is 5.00.